The molecule has 1 heterocycles. The number of carbonyl (C=O) groups excluding carboxylic acids is 1. The third kappa shape index (κ3) is 3.31. The van der Waals surface area contributed by atoms with Crippen molar-refractivity contribution in [1.29, 1.82) is 0 Å². The van der Waals surface area contributed by atoms with Gasteiger partial charge in [-0.2, -0.15) is 0 Å². The second-order valence-corrected chi connectivity index (χ2v) is 7.31. The average molecular weight is 391 g/mol. The predicted molar refractivity (Wildman–Crippen MR) is 107 cm³/mol. The molecule has 1 aliphatic rings. The number of hydrogen-bond acceptors (Lipinski definition) is 5. The Kier molecular flexibility index (Phi) is 4.70. The topological polar surface area (TPSA) is 85.7 Å². The van der Waals surface area contributed by atoms with Crippen LogP contribution >= 0.6 is 0 Å². The zero-order valence-corrected chi connectivity index (χ0v) is 16.2. The molecule has 4 rings (SSSR count). The Labute approximate surface area is 168 Å². The van der Waals surface area contributed by atoms with Crippen LogP contribution in [0.3, 0.4) is 0 Å². The number of nitrogens with zero attached hydrogens (tertiary/aromatic N) is 1. The van der Waals surface area contributed by atoms with Crippen LogP contribution in [0.25, 0.3) is 10.9 Å². The van der Waals surface area contributed by atoms with Gasteiger partial charge in [0, 0.05) is 16.6 Å². The first kappa shape index (κ1) is 18.9. The van der Waals surface area contributed by atoms with Crippen LogP contribution in [0.4, 0.5) is 0 Å². The number of aromatic nitrogens is 1. The van der Waals surface area contributed by atoms with Crippen molar-refractivity contribution < 1.29 is 24.2 Å². The number of carbonyl (C=O) groups is 2. The van der Waals surface area contributed by atoms with Crippen LogP contribution in [-0.4, -0.2) is 29.1 Å². The maximum absolute atomic E-state index is 12.4. The molecule has 0 saturated heterocycles. The molecule has 0 bridgehead atoms. The lowest BCUT2D eigenvalue weighted by Crippen LogP contribution is -2.27. The van der Waals surface area contributed by atoms with Crippen molar-refractivity contribution in [3.8, 4) is 5.75 Å². The number of benzene rings is 2. The van der Waals surface area contributed by atoms with Crippen LogP contribution < -0.4 is 4.74 Å². The SMILES string of the molecule is COC(=O)C1(c2cccc(OCc3cc(C)nc4ccccc34)c2)CC1C(=O)O. The second kappa shape index (κ2) is 7.20. The summed E-state index contributed by atoms with van der Waals surface area (Å²) in [6.45, 7) is 2.27. The Morgan fingerprint density at radius 2 is 1.97 bits per heavy atom. The minimum atomic E-state index is -1.14. The molecule has 2 aromatic carbocycles. The third-order valence-electron chi connectivity index (χ3n) is 5.48. The molecule has 1 aliphatic carbocycles. The highest BCUT2D eigenvalue weighted by Gasteiger charge is 2.66. The molecule has 1 saturated carbocycles. The van der Waals surface area contributed by atoms with E-state index in [0.717, 1.165) is 22.2 Å². The molecule has 0 aliphatic heterocycles. The minimum Gasteiger partial charge on any atom is -0.489 e. The van der Waals surface area contributed by atoms with Crippen molar-refractivity contribution in [2.75, 3.05) is 7.11 Å². The van der Waals surface area contributed by atoms with Crippen LogP contribution in [0.1, 0.15) is 23.2 Å². The van der Waals surface area contributed by atoms with E-state index in [0.29, 0.717) is 17.9 Å². The molecule has 1 fully saturated rings. The average Bonchev–Trinajstić information content (AvgIpc) is 3.49. The maximum Gasteiger partial charge on any atom is 0.317 e. The van der Waals surface area contributed by atoms with E-state index in [2.05, 4.69) is 4.98 Å². The van der Waals surface area contributed by atoms with Gasteiger partial charge in [0.05, 0.1) is 18.5 Å². The highest BCUT2D eigenvalue weighted by Crippen LogP contribution is 2.55. The van der Waals surface area contributed by atoms with Gasteiger partial charge in [0.2, 0.25) is 0 Å². The van der Waals surface area contributed by atoms with Gasteiger partial charge >= 0.3 is 11.9 Å². The summed E-state index contributed by atoms with van der Waals surface area (Å²) in [5.74, 6) is -1.74. The van der Waals surface area contributed by atoms with Gasteiger partial charge in [0.15, 0.2) is 0 Å². The van der Waals surface area contributed by atoms with Gasteiger partial charge in [-0.05, 0) is 43.2 Å². The fraction of sp³-hybridized carbons (Fsp3) is 0.261. The molecule has 0 amide bonds. The third-order valence-corrected chi connectivity index (χ3v) is 5.48. The molecule has 29 heavy (non-hydrogen) atoms. The van der Waals surface area contributed by atoms with Gasteiger partial charge < -0.3 is 14.6 Å². The zero-order chi connectivity index (χ0) is 20.6. The number of esters is 1. The van der Waals surface area contributed by atoms with Gasteiger partial charge in [-0.1, -0.05) is 30.3 Å². The van der Waals surface area contributed by atoms with Crippen molar-refractivity contribution >= 4 is 22.8 Å². The first-order chi connectivity index (χ1) is 14.0. The Morgan fingerprint density at radius 3 is 2.69 bits per heavy atom. The summed E-state index contributed by atoms with van der Waals surface area (Å²) in [4.78, 5) is 28.4. The highest BCUT2D eigenvalue weighted by molar-refractivity contribution is 5.95. The van der Waals surface area contributed by atoms with Gasteiger partial charge in [0.25, 0.3) is 0 Å². The number of aryl methyl sites for hydroxylation is 1. The van der Waals surface area contributed by atoms with Crippen molar-refractivity contribution in [2.45, 2.75) is 25.4 Å². The lowest BCUT2D eigenvalue weighted by molar-refractivity contribution is -0.148. The molecular weight excluding hydrogens is 370 g/mol. The van der Waals surface area contributed by atoms with E-state index >= 15 is 0 Å². The number of ether oxygens (including phenoxy) is 2. The maximum atomic E-state index is 12.4. The fourth-order valence-electron chi connectivity index (χ4n) is 3.94. The summed E-state index contributed by atoms with van der Waals surface area (Å²) < 4.78 is 10.9. The quantitative estimate of drug-likeness (QED) is 0.646. The molecule has 6 nitrogen and oxygen atoms in total. The Hall–Kier alpha value is -3.41. The van der Waals surface area contributed by atoms with Crippen molar-refractivity contribution in [3.63, 3.8) is 0 Å². The molecule has 148 valence electrons. The molecule has 6 heteroatoms. The van der Waals surface area contributed by atoms with Crippen molar-refractivity contribution in [2.24, 2.45) is 5.92 Å². The lowest BCUT2D eigenvalue weighted by atomic mass is 9.93. The summed E-state index contributed by atoms with van der Waals surface area (Å²) in [6, 6.07) is 16.9. The van der Waals surface area contributed by atoms with Crippen LogP contribution in [0.15, 0.2) is 54.6 Å². The number of para-hydroxylation sites is 1. The molecule has 0 radical (unpaired) electrons. The number of hydrogen-bond donors (Lipinski definition) is 1. The summed E-state index contributed by atoms with van der Waals surface area (Å²) in [6.07, 6.45) is 0.229. The summed E-state index contributed by atoms with van der Waals surface area (Å²) >= 11 is 0. The Bertz CT molecular complexity index is 1110. The molecule has 0 spiro atoms. The van der Waals surface area contributed by atoms with Gasteiger partial charge in [-0.25, -0.2) is 0 Å². The number of methoxy groups -OCH3 is 1. The van der Waals surface area contributed by atoms with E-state index < -0.39 is 23.3 Å². The number of carboxylic acids is 1. The van der Waals surface area contributed by atoms with E-state index in [-0.39, 0.29) is 6.42 Å². The van der Waals surface area contributed by atoms with E-state index in [9.17, 15) is 14.7 Å². The van der Waals surface area contributed by atoms with Crippen molar-refractivity contribution in [1.82, 2.24) is 4.98 Å². The van der Waals surface area contributed by atoms with Gasteiger partial charge in [-0.3, -0.25) is 14.6 Å². The van der Waals surface area contributed by atoms with E-state index in [4.69, 9.17) is 9.47 Å². The first-order valence-electron chi connectivity index (χ1n) is 9.35. The monoisotopic (exact) mass is 391 g/mol. The van der Waals surface area contributed by atoms with E-state index in [1.165, 1.54) is 7.11 Å². The van der Waals surface area contributed by atoms with Crippen LogP contribution in [0.5, 0.6) is 5.75 Å². The normalized spacial score (nSPS) is 20.3. The number of aliphatic carboxylic acids is 1. The largest absolute Gasteiger partial charge is 0.489 e. The molecule has 2 unspecified atom stereocenters. The fourth-order valence-corrected chi connectivity index (χ4v) is 3.94. The van der Waals surface area contributed by atoms with Gasteiger partial charge in [0.1, 0.15) is 17.8 Å². The smallest absolute Gasteiger partial charge is 0.317 e. The molecule has 3 aromatic rings. The zero-order valence-electron chi connectivity index (χ0n) is 16.2. The van der Waals surface area contributed by atoms with Crippen LogP contribution in [0, 0.1) is 12.8 Å². The summed E-state index contributed by atoms with van der Waals surface area (Å²) in [5, 5.41) is 10.4. The molecule has 2 atom stereocenters. The van der Waals surface area contributed by atoms with E-state index in [1.807, 2.05) is 37.3 Å². The standard InChI is InChI=1S/C23H21NO5/c1-14-10-15(18-8-3-4-9-20(18)24-14)13-29-17-7-5-6-16(11-17)23(22(27)28-2)12-19(23)21(25)26/h3-11,19H,12-13H2,1-2H3,(H,25,26). The first-order valence-corrected chi connectivity index (χ1v) is 9.35. The number of fused-ring (bicyclic) bond motifs is 1. The molecular formula is C23H21NO5. The second-order valence-electron chi connectivity index (χ2n) is 7.31. The predicted octanol–water partition coefficient (Wildman–Crippen LogP) is 3.64. The molecule has 1 aromatic heterocycles. The highest BCUT2D eigenvalue weighted by atomic mass is 16.5. The number of rotatable bonds is 6. The lowest BCUT2D eigenvalue weighted by Gasteiger charge is -2.16. The Balaban J connectivity index is 1.61. The minimum absolute atomic E-state index is 0.229. The van der Waals surface area contributed by atoms with Crippen LogP contribution in [0.2, 0.25) is 0 Å². The number of pyridine rings is 1. The number of carboxylic acid groups (broad SMARTS) is 1. The molecule has 1 N–H and O–H groups in total. The van der Waals surface area contributed by atoms with E-state index in [1.54, 1.807) is 24.3 Å². The van der Waals surface area contributed by atoms with Gasteiger partial charge in [-0.15, -0.1) is 0 Å². The summed E-state index contributed by atoms with van der Waals surface area (Å²) in [7, 11) is 1.28. The summed E-state index contributed by atoms with van der Waals surface area (Å²) in [5.41, 5.74) is 2.29. The van der Waals surface area contributed by atoms with Crippen LogP contribution in [-0.2, 0) is 26.3 Å². The van der Waals surface area contributed by atoms with Crippen molar-refractivity contribution in [3.05, 3.63) is 71.4 Å². The Morgan fingerprint density at radius 1 is 1.17 bits per heavy atom.